The van der Waals surface area contributed by atoms with E-state index < -0.39 is 0 Å². The lowest BCUT2D eigenvalue weighted by atomic mass is 10.0. The lowest BCUT2D eigenvalue weighted by molar-refractivity contribution is 0.185. The smallest absolute Gasteiger partial charge is 0.124 e. The highest BCUT2D eigenvalue weighted by molar-refractivity contribution is 9.10. The van der Waals surface area contributed by atoms with E-state index in [1.54, 1.807) is 25.3 Å². The van der Waals surface area contributed by atoms with E-state index in [4.69, 9.17) is 4.74 Å². The summed E-state index contributed by atoms with van der Waals surface area (Å²) in [6, 6.07) is 10.3. The minimum Gasteiger partial charge on any atom is -0.507 e. The highest BCUT2D eigenvalue weighted by Gasteiger charge is 2.16. The molecule has 2 aromatic rings. The monoisotopic (exact) mass is 351 g/mol. The average Bonchev–Trinajstić information content (AvgIpc) is 2.42. The molecule has 0 saturated carbocycles. The van der Waals surface area contributed by atoms with Crippen LogP contribution >= 0.6 is 15.9 Å². The van der Waals surface area contributed by atoms with Crippen LogP contribution in [0.25, 0.3) is 0 Å². The van der Waals surface area contributed by atoms with Gasteiger partial charge in [0.15, 0.2) is 0 Å². The van der Waals surface area contributed by atoms with Crippen LogP contribution in [0.5, 0.6) is 11.5 Å². The molecule has 0 amide bonds. The van der Waals surface area contributed by atoms with E-state index in [-0.39, 0.29) is 17.5 Å². The van der Waals surface area contributed by atoms with Crippen LogP contribution in [0.2, 0.25) is 0 Å². The zero-order valence-electron chi connectivity index (χ0n) is 11.9. The maximum atomic E-state index is 9.93. The molecule has 21 heavy (non-hydrogen) atoms. The van der Waals surface area contributed by atoms with Crippen LogP contribution in [0.15, 0.2) is 40.9 Å². The van der Waals surface area contributed by atoms with E-state index in [0.717, 1.165) is 15.7 Å². The molecule has 3 N–H and O–H groups in total. The first-order chi connectivity index (χ1) is 10.0. The Labute approximate surface area is 132 Å². The highest BCUT2D eigenvalue weighted by Crippen LogP contribution is 2.35. The second-order valence-electron chi connectivity index (χ2n) is 4.77. The van der Waals surface area contributed by atoms with Crippen LogP contribution in [0.4, 0.5) is 5.69 Å². The number of nitrogens with one attached hydrogen (secondary N) is 1. The normalized spacial score (nSPS) is 12.1. The van der Waals surface area contributed by atoms with Gasteiger partial charge >= 0.3 is 0 Å². The third-order valence-corrected chi connectivity index (χ3v) is 4.02. The zero-order chi connectivity index (χ0) is 15.4. The van der Waals surface area contributed by atoms with Crippen molar-refractivity contribution in [3.8, 4) is 11.5 Å². The number of rotatable bonds is 5. The van der Waals surface area contributed by atoms with Gasteiger partial charge in [-0.05, 0) is 31.2 Å². The van der Waals surface area contributed by atoms with Crippen molar-refractivity contribution in [2.75, 3.05) is 12.4 Å². The van der Waals surface area contributed by atoms with Gasteiger partial charge < -0.3 is 20.3 Å². The van der Waals surface area contributed by atoms with Crippen molar-refractivity contribution in [1.82, 2.24) is 0 Å². The number of halogens is 1. The maximum absolute atomic E-state index is 9.93. The Kier molecular flexibility index (Phi) is 5.09. The van der Waals surface area contributed by atoms with Crippen molar-refractivity contribution >= 4 is 21.6 Å². The first-order valence-corrected chi connectivity index (χ1v) is 7.37. The summed E-state index contributed by atoms with van der Waals surface area (Å²) >= 11 is 3.50. The molecule has 0 bridgehead atoms. The van der Waals surface area contributed by atoms with Crippen LogP contribution in [0, 0.1) is 0 Å². The fourth-order valence-electron chi connectivity index (χ4n) is 2.28. The van der Waals surface area contributed by atoms with Crippen molar-refractivity contribution in [1.29, 1.82) is 0 Å². The fraction of sp³-hybridized carbons (Fsp3) is 0.250. The van der Waals surface area contributed by atoms with Gasteiger partial charge in [0.25, 0.3) is 0 Å². The second kappa shape index (κ2) is 6.83. The number of aromatic hydroxyl groups is 2. The first kappa shape index (κ1) is 15.7. The molecule has 4 nitrogen and oxygen atoms in total. The van der Waals surface area contributed by atoms with Crippen LogP contribution in [0.1, 0.15) is 24.1 Å². The molecule has 5 heteroatoms. The first-order valence-electron chi connectivity index (χ1n) is 6.58. The molecular weight excluding hydrogens is 334 g/mol. The van der Waals surface area contributed by atoms with Crippen LogP contribution in [-0.2, 0) is 11.3 Å². The van der Waals surface area contributed by atoms with Crippen LogP contribution in [-0.4, -0.2) is 17.3 Å². The Morgan fingerprint density at radius 1 is 1.14 bits per heavy atom. The summed E-state index contributed by atoms with van der Waals surface area (Å²) in [5, 5.41) is 23.2. The summed E-state index contributed by atoms with van der Waals surface area (Å²) in [5.41, 5.74) is 2.35. The molecule has 0 aliphatic carbocycles. The van der Waals surface area contributed by atoms with Gasteiger partial charge in [-0.3, -0.25) is 0 Å². The number of hydrogen-bond acceptors (Lipinski definition) is 4. The summed E-state index contributed by atoms with van der Waals surface area (Å²) in [4.78, 5) is 0. The molecule has 1 atom stereocenters. The summed E-state index contributed by atoms with van der Waals surface area (Å²) in [7, 11) is 1.64. The van der Waals surface area contributed by atoms with E-state index >= 15 is 0 Å². The lowest BCUT2D eigenvalue weighted by Gasteiger charge is -2.20. The Morgan fingerprint density at radius 3 is 2.38 bits per heavy atom. The summed E-state index contributed by atoms with van der Waals surface area (Å²) in [6.45, 7) is 2.34. The van der Waals surface area contributed by atoms with E-state index in [9.17, 15) is 10.2 Å². The third kappa shape index (κ3) is 3.49. The minimum absolute atomic E-state index is 0.0679. The van der Waals surface area contributed by atoms with E-state index in [1.165, 1.54) is 0 Å². The number of anilines is 1. The predicted molar refractivity (Wildman–Crippen MR) is 86.7 cm³/mol. The van der Waals surface area contributed by atoms with Crippen molar-refractivity contribution < 1.29 is 14.9 Å². The van der Waals surface area contributed by atoms with Gasteiger partial charge in [-0.15, -0.1) is 0 Å². The van der Waals surface area contributed by atoms with Crippen molar-refractivity contribution in [2.45, 2.75) is 19.6 Å². The molecule has 112 valence electrons. The van der Waals surface area contributed by atoms with Crippen molar-refractivity contribution in [2.24, 2.45) is 0 Å². The molecule has 0 aliphatic heterocycles. The number of phenolic OH excluding ortho intramolecular Hbond substituents is 2. The third-order valence-electron chi connectivity index (χ3n) is 3.27. The Bertz CT molecular complexity index is 611. The second-order valence-corrected chi connectivity index (χ2v) is 5.63. The highest BCUT2D eigenvalue weighted by atomic mass is 79.9. The van der Waals surface area contributed by atoms with Crippen molar-refractivity contribution in [3.05, 3.63) is 52.0 Å². The van der Waals surface area contributed by atoms with Gasteiger partial charge in [-0.1, -0.05) is 28.1 Å². The number of methoxy groups -OCH3 is 1. The van der Waals surface area contributed by atoms with Gasteiger partial charge in [0, 0.05) is 22.8 Å². The number of ether oxygens (including phenoxy) is 1. The molecular formula is C16H18BrNO3. The topological polar surface area (TPSA) is 61.7 Å². The van der Waals surface area contributed by atoms with Gasteiger partial charge in [0.1, 0.15) is 11.5 Å². The van der Waals surface area contributed by atoms with E-state index in [2.05, 4.69) is 21.2 Å². The van der Waals surface area contributed by atoms with E-state index in [0.29, 0.717) is 12.2 Å². The van der Waals surface area contributed by atoms with Crippen LogP contribution < -0.4 is 5.32 Å². The van der Waals surface area contributed by atoms with Crippen molar-refractivity contribution in [3.63, 3.8) is 0 Å². The predicted octanol–water partition coefficient (Wildman–Crippen LogP) is 4.18. The molecule has 0 radical (unpaired) electrons. The SMILES string of the molecule is COCc1c(Br)cccc1NC(C)c1c(O)cccc1O. The molecule has 0 spiro atoms. The van der Waals surface area contributed by atoms with Crippen LogP contribution in [0.3, 0.4) is 0 Å². The van der Waals surface area contributed by atoms with Gasteiger partial charge in [-0.25, -0.2) is 0 Å². The Hall–Kier alpha value is -1.72. The molecule has 0 aromatic heterocycles. The zero-order valence-corrected chi connectivity index (χ0v) is 13.5. The summed E-state index contributed by atoms with van der Waals surface area (Å²) in [5.74, 6) is 0.136. The quantitative estimate of drug-likeness (QED) is 0.756. The number of benzene rings is 2. The average molecular weight is 352 g/mol. The number of phenols is 2. The summed E-state index contributed by atoms with van der Waals surface area (Å²) in [6.07, 6.45) is 0. The summed E-state index contributed by atoms with van der Waals surface area (Å²) < 4.78 is 6.16. The molecule has 1 unspecified atom stereocenters. The number of hydrogen-bond donors (Lipinski definition) is 3. The molecule has 2 aromatic carbocycles. The van der Waals surface area contributed by atoms with Gasteiger partial charge in [-0.2, -0.15) is 0 Å². The Balaban J connectivity index is 2.32. The molecule has 0 aliphatic rings. The molecule has 2 rings (SSSR count). The van der Waals surface area contributed by atoms with Gasteiger partial charge in [0.2, 0.25) is 0 Å². The Morgan fingerprint density at radius 2 is 1.76 bits per heavy atom. The molecule has 0 heterocycles. The fourth-order valence-corrected chi connectivity index (χ4v) is 2.76. The van der Waals surface area contributed by atoms with Gasteiger partial charge in [0.05, 0.1) is 18.2 Å². The lowest BCUT2D eigenvalue weighted by Crippen LogP contribution is -2.09. The molecule has 0 fully saturated rings. The standard InChI is InChI=1S/C16H18BrNO3/c1-10(16-14(19)7-4-8-15(16)20)18-13-6-3-5-12(17)11(13)9-21-2/h3-8,10,18-20H,9H2,1-2H3. The van der Waals surface area contributed by atoms with E-state index in [1.807, 2.05) is 25.1 Å². The minimum atomic E-state index is -0.254. The largest absolute Gasteiger partial charge is 0.507 e. The maximum Gasteiger partial charge on any atom is 0.124 e. The molecule has 0 saturated heterocycles.